The van der Waals surface area contributed by atoms with E-state index in [0.29, 0.717) is 17.0 Å². The molecule has 2 aromatic carbocycles. The Bertz CT molecular complexity index is 842. The van der Waals surface area contributed by atoms with Crippen molar-refractivity contribution in [1.82, 2.24) is 4.90 Å². The van der Waals surface area contributed by atoms with Gasteiger partial charge in [0, 0.05) is 24.7 Å². The predicted molar refractivity (Wildman–Crippen MR) is 94.7 cm³/mol. The van der Waals surface area contributed by atoms with Crippen molar-refractivity contribution in [2.24, 2.45) is 0 Å². The minimum absolute atomic E-state index is 0.0646. The van der Waals surface area contributed by atoms with Gasteiger partial charge in [0.25, 0.3) is 5.91 Å². The van der Waals surface area contributed by atoms with Crippen molar-refractivity contribution in [3.63, 3.8) is 0 Å². The summed E-state index contributed by atoms with van der Waals surface area (Å²) in [6, 6.07) is 14.1. The van der Waals surface area contributed by atoms with Crippen LogP contribution in [-0.2, 0) is 4.79 Å². The maximum Gasteiger partial charge on any atom is 0.343 e. The van der Waals surface area contributed by atoms with Crippen molar-refractivity contribution in [2.45, 2.75) is 12.1 Å². The number of anilines is 2. The number of ether oxygens (including phenoxy) is 1. The number of carboxylic acid groups (broad SMARTS) is 1. The van der Waals surface area contributed by atoms with E-state index in [1.54, 1.807) is 43.5 Å². The fourth-order valence-corrected chi connectivity index (χ4v) is 2.93. The van der Waals surface area contributed by atoms with E-state index in [-0.39, 0.29) is 13.0 Å². The summed E-state index contributed by atoms with van der Waals surface area (Å²) in [7, 11) is 1.57. The van der Waals surface area contributed by atoms with Gasteiger partial charge in [-0.05, 0) is 24.3 Å². The standard InChI is InChI=1S/C19H19FN2O4/c1-26-14-6-4-5-13(11-14)21-16-8-3-2-7-15(16)17(23)22-10-9-19(20,12-22)18(24)25/h2-8,11,21H,9-10,12H2,1H3,(H,24,25). The summed E-state index contributed by atoms with van der Waals surface area (Å²) in [6.45, 7) is -0.385. The van der Waals surface area contributed by atoms with Crippen LogP contribution < -0.4 is 10.1 Å². The number of benzene rings is 2. The zero-order valence-electron chi connectivity index (χ0n) is 14.2. The molecule has 0 saturated carbocycles. The number of alkyl halides is 1. The number of aliphatic carboxylic acids is 1. The molecule has 0 aromatic heterocycles. The largest absolute Gasteiger partial charge is 0.497 e. The van der Waals surface area contributed by atoms with Crippen LogP contribution in [0.3, 0.4) is 0 Å². The van der Waals surface area contributed by atoms with Gasteiger partial charge in [0.1, 0.15) is 5.75 Å². The van der Waals surface area contributed by atoms with Gasteiger partial charge in [-0.15, -0.1) is 0 Å². The second-order valence-corrected chi connectivity index (χ2v) is 6.15. The van der Waals surface area contributed by atoms with Gasteiger partial charge in [-0.2, -0.15) is 0 Å². The zero-order valence-corrected chi connectivity index (χ0v) is 14.2. The molecule has 2 aromatic rings. The van der Waals surface area contributed by atoms with Gasteiger partial charge in [-0.3, -0.25) is 4.79 Å². The molecule has 0 bridgehead atoms. The van der Waals surface area contributed by atoms with E-state index in [0.717, 1.165) is 5.69 Å². The molecule has 1 fully saturated rings. The van der Waals surface area contributed by atoms with E-state index < -0.39 is 24.1 Å². The van der Waals surface area contributed by atoms with E-state index in [1.165, 1.54) is 4.90 Å². The van der Waals surface area contributed by atoms with Crippen molar-refractivity contribution in [3.05, 3.63) is 54.1 Å². The van der Waals surface area contributed by atoms with Crippen LogP contribution in [-0.4, -0.2) is 47.8 Å². The monoisotopic (exact) mass is 358 g/mol. The lowest BCUT2D eigenvalue weighted by Gasteiger charge is -2.20. The van der Waals surface area contributed by atoms with Crippen LogP contribution in [0.25, 0.3) is 0 Å². The van der Waals surface area contributed by atoms with Crippen LogP contribution in [0.5, 0.6) is 5.75 Å². The molecule has 0 radical (unpaired) electrons. The minimum atomic E-state index is -2.38. The van der Waals surface area contributed by atoms with Crippen LogP contribution in [0.4, 0.5) is 15.8 Å². The molecule has 1 unspecified atom stereocenters. The Balaban J connectivity index is 1.83. The topological polar surface area (TPSA) is 78.9 Å². The molecule has 3 rings (SSSR count). The Hall–Kier alpha value is -3.09. The first-order valence-electron chi connectivity index (χ1n) is 8.15. The third kappa shape index (κ3) is 3.46. The molecule has 136 valence electrons. The lowest BCUT2D eigenvalue weighted by Crippen LogP contribution is -2.39. The summed E-state index contributed by atoms with van der Waals surface area (Å²) >= 11 is 0. The van der Waals surface area contributed by atoms with Crippen LogP contribution in [0.2, 0.25) is 0 Å². The van der Waals surface area contributed by atoms with Gasteiger partial charge in [0.05, 0.1) is 24.9 Å². The third-order valence-electron chi connectivity index (χ3n) is 4.40. The molecule has 26 heavy (non-hydrogen) atoms. The Labute approximate surface area is 150 Å². The molecule has 1 saturated heterocycles. The molecule has 1 atom stereocenters. The van der Waals surface area contributed by atoms with Gasteiger partial charge >= 0.3 is 5.97 Å². The Morgan fingerprint density at radius 2 is 2.00 bits per heavy atom. The molecule has 0 spiro atoms. The highest BCUT2D eigenvalue weighted by atomic mass is 19.1. The molecular weight excluding hydrogens is 339 g/mol. The minimum Gasteiger partial charge on any atom is -0.497 e. The van der Waals surface area contributed by atoms with Crippen molar-refractivity contribution in [3.8, 4) is 5.75 Å². The number of rotatable bonds is 5. The van der Waals surface area contributed by atoms with Crippen molar-refractivity contribution < 1.29 is 23.8 Å². The van der Waals surface area contributed by atoms with Gasteiger partial charge < -0.3 is 20.1 Å². The molecule has 2 N–H and O–H groups in total. The Kier molecular flexibility index (Phi) is 4.79. The molecule has 1 aliphatic heterocycles. The quantitative estimate of drug-likeness (QED) is 0.859. The molecule has 1 heterocycles. The summed E-state index contributed by atoms with van der Waals surface area (Å²) in [6.07, 6.45) is -0.209. The number of carboxylic acids is 1. The second-order valence-electron chi connectivity index (χ2n) is 6.15. The molecule has 6 nitrogen and oxygen atoms in total. The fourth-order valence-electron chi connectivity index (χ4n) is 2.93. The van der Waals surface area contributed by atoms with Crippen molar-refractivity contribution >= 4 is 23.3 Å². The molecule has 1 amide bonds. The smallest absolute Gasteiger partial charge is 0.343 e. The first-order chi connectivity index (χ1) is 12.4. The summed E-state index contributed by atoms with van der Waals surface area (Å²) in [5, 5.41) is 12.2. The molecule has 0 aliphatic carbocycles. The maximum atomic E-state index is 14.3. The van der Waals surface area contributed by atoms with E-state index in [1.807, 2.05) is 12.1 Å². The van der Waals surface area contributed by atoms with Crippen LogP contribution in [0, 0.1) is 0 Å². The number of hydrogen-bond acceptors (Lipinski definition) is 4. The average Bonchev–Trinajstić information content (AvgIpc) is 3.05. The highest BCUT2D eigenvalue weighted by molar-refractivity contribution is 6.01. The summed E-state index contributed by atoms with van der Waals surface area (Å²) in [5.74, 6) is -1.27. The van der Waals surface area contributed by atoms with E-state index in [2.05, 4.69) is 5.32 Å². The highest BCUT2D eigenvalue weighted by Crippen LogP contribution is 2.30. The van der Waals surface area contributed by atoms with Gasteiger partial charge in [-0.1, -0.05) is 18.2 Å². The van der Waals surface area contributed by atoms with Crippen LogP contribution >= 0.6 is 0 Å². The SMILES string of the molecule is COc1cccc(Nc2ccccc2C(=O)N2CCC(F)(C(=O)O)C2)c1. The first-order valence-corrected chi connectivity index (χ1v) is 8.15. The number of likely N-dealkylation sites (tertiary alicyclic amines) is 1. The van der Waals surface area contributed by atoms with Crippen molar-refractivity contribution in [2.75, 3.05) is 25.5 Å². The number of para-hydroxylation sites is 1. The Morgan fingerprint density at radius 3 is 2.69 bits per heavy atom. The molecule has 1 aliphatic rings. The van der Waals surface area contributed by atoms with E-state index >= 15 is 0 Å². The number of hydrogen-bond donors (Lipinski definition) is 2. The van der Waals surface area contributed by atoms with Crippen LogP contribution in [0.15, 0.2) is 48.5 Å². The maximum absolute atomic E-state index is 14.3. The number of amides is 1. The predicted octanol–water partition coefficient (Wildman–Crippen LogP) is 3.08. The van der Waals surface area contributed by atoms with E-state index in [4.69, 9.17) is 9.84 Å². The van der Waals surface area contributed by atoms with Crippen molar-refractivity contribution in [1.29, 1.82) is 0 Å². The number of nitrogens with one attached hydrogen (secondary N) is 1. The van der Waals surface area contributed by atoms with E-state index in [9.17, 15) is 14.0 Å². The van der Waals surface area contributed by atoms with Crippen LogP contribution in [0.1, 0.15) is 16.8 Å². The van der Waals surface area contributed by atoms with Gasteiger partial charge in [0.15, 0.2) is 0 Å². The normalized spacial score (nSPS) is 19.2. The number of carbonyl (C=O) groups excluding carboxylic acids is 1. The number of carbonyl (C=O) groups is 2. The van der Waals surface area contributed by atoms with Gasteiger partial charge in [-0.25, -0.2) is 9.18 Å². The summed E-state index contributed by atoms with van der Waals surface area (Å²) < 4.78 is 19.5. The lowest BCUT2D eigenvalue weighted by atomic mass is 10.1. The number of nitrogens with zero attached hydrogens (tertiary/aromatic N) is 1. The molecular formula is C19H19FN2O4. The average molecular weight is 358 g/mol. The number of methoxy groups -OCH3 is 1. The second kappa shape index (κ2) is 7.03. The third-order valence-corrected chi connectivity index (χ3v) is 4.40. The number of halogens is 1. The summed E-state index contributed by atoms with van der Waals surface area (Å²) in [4.78, 5) is 25.1. The lowest BCUT2D eigenvalue weighted by molar-refractivity contribution is -0.149. The summed E-state index contributed by atoms with van der Waals surface area (Å²) in [5.41, 5.74) is -0.746. The fraction of sp³-hybridized carbons (Fsp3) is 0.263. The highest BCUT2D eigenvalue weighted by Gasteiger charge is 2.47. The molecule has 7 heteroatoms. The Morgan fingerprint density at radius 1 is 1.23 bits per heavy atom. The first kappa shape index (κ1) is 17.7. The zero-order chi connectivity index (χ0) is 18.7. The van der Waals surface area contributed by atoms with Gasteiger partial charge in [0.2, 0.25) is 5.67 Å².